The highest BCUT2D eigenvalue weighted by Crippen LogP contribution is 2.12. The molecule has 0 aliphatic rings. The van der Waals surface area contributed by atoms with Crippen molar-refractivity contribution in [2.24, 2.45) is 7.05 Å². The maximum Gasteiger partial charge on any atom is 0.106 e. The minimum Gasteiger partial charge on any atom is -0.331 e. The average Bonchev–Trinajstić information content (AvgIpc) is 2.30. The van der Waals surface area contributed by atoms with Crippen molar-refractivity contribution in [2.75, 3.05) is 0 Å². The first-order valence-electron chi connectivity index (χ1n) is 3.58. The molecule has 1 radical (unpaired) electrons. The van der Waals surface area contributed by atoms with E-state index in [-0.39, 0.29) is 0 Å². The van der Waals surface area contributed by atoms with Crippen molar-refractivity contribution in [2.45, 2.75) is 6.92 Å². The van der Waals surface area contributed by atoms with Gasteiger partial charge in [-0.3, -0.25) is 0 Å². The summed E-state index contributed by atoms with van der Waals surface area (Å²) < 4.78 is 2.07. The Bertz CT molecular complexity index is 387. The summed E-state index contributed by atoms with van der Waals surface area (Å²) in [5.41, 5.74) is 2.19. The number of aryl methyl sites for hydroxylation is 2. The third kappa shape index (κ3) is 0.827. The van der Waals surface area contributed by atoms with E-state index in [9.17, 15) is 0 Å². The van der Waals surface area contributed by atoms with E-state index in [4.69, 9.17) is 0 Å². The average molecular weight is 145 g/mol. The molecule has 0 amide bonds. The third-order valence-corrected chi connectivity index (χ3v) is 1.95. The van der Waals surface area contributed by atoms with Gasteiger partial charge in [0.25, 0.3) is 0 Å². The molecule has 0 unspecified atom stereocenters. The van der Waals surface area contributed by atoms with Crippen molar-refractivity contribution < 1.29 is 0 Å². The van der Waals surface area contributed by atoms with Crippen LogP contribution in [0.3, 0.4) is 0 Å². The minimum atomic E-state index is 1.02. The largest absolute Gasteiger partial charge is 0.331 e. The lowest BCUT2D eigenvalue weighted by Gasteiger charge is -1.93. The fourth-order valence-corrected chi connectivity index (χ4v) is 1.21. The van der Waals surface area contributed by atoms with Crippen LogP contribution in [-0.2, 0) is 7.05 Å². The number of imidazole rings is 1. The van der Waals surface area contributed by atoms with Crippen LogP contribution >= 0.6 is 0 Å². The predicted molar refractivity (Wildman–Crippen MR) is 44.3 cm³/mol. The van der Waals surface area contributed by atoms with Gasteiger partial charge in [0.1, 0.15) is 5.82 Å². The monoisotopic (exact) mass is 145 g/mol. The van der Waals surface area contributed by atoms with Crippen molar-refractivity contribution >= 4 is 11.0 Å². The van der Waals surface area contributed by atoms with E-state index in [1.54, 1.807) is 0 Å². The van der Waals surface area contributed by atoms with E-state index in [1.807, 2.05) is 32.2 Å². The number of rotatable bonds is 0. The fourth-order valence-electron chi connectivity index (χ4n) is 1.21. The molecule has 0 saturated heterocycles. The molecule has 1 heterocycles. The summed E-state index contributed by atoms with van der Waals surface area (Å²) in [4.78, 5) is 4.34. The summed E-state index contributed by atoms with van der Waals surface area (Å²) >= 11 is 0. The second-order valence-corrected chi connectivity index (χ2v) is 2.63. The number of hydrogen-bond donors (Lipinski definition) is 0. The molecule has 1 aromatic carbocycles. The Labute approximate surface area is 65.5 Å². The molecular weight excluding hydrogens is 136 g/mol. The number of fused-ring (bicyclic) bond motifs is 1. The first-order chi connectivity index (χ1) is 5.29. The van der Waals surface area contributed by atoms with Crippen LogP contribution in [0.25, 0.3) is 11.0 Å². The van der Waals surface area contributed by atoms with E-state index >= 15 is 0 Å². The summed E-state index contributed by atoms with van der Waals surface area (Å²) in [5.74, 6) is 1.04. The van der Waals surface area contributed by atoms with Crippen molar-refractivity contribution in [3.63, 3.8) is 0 Å². The Kier molecular flexibility index (Phi) is 1.22. The Morgan fingerprint density at radius 1 is 1.55 bits per heavy atom. The molecule has 1 aromatic heterocycles. The summed E-state index contributed by atoms with van der Waals surface area (Å²) in [5, 5.41) is 0. The molecule has 0 aliphatic heterocycles. The van der Waals surface area contributed by atoms with Crippen LogP contribution in [0.15, 0.2) is 18.2 Å². The fraction of sp³-hybridized carbons (Fsp3) is 0.222. The van der Waals surface area contributed by atoms with Crippen LogP contribution in [0.1, 0.15) is 5.82 Å². The van der Waals surface area contributed by atoms with Crippen LogP contribution in [-0.4, -0.2) is 9.55 Å². The van der Waals surface area contributed by atoms with Crippen molar-refractivity contribution in [1.82, 2.24) is 9.55 Å². The molecule has 0 spiro atoms. The van der Waals surface area contributed by atoms with Gasteiger partial charge in [0.15, 0.2) is 0 Å². The van der Waals surface area contributed by atoms with E-state index < -0.39 is 0 Å². The van der Waals surface area contributed by atoms with Crippen LogP contribution in [0, 0.1) is 13.0 Å². The summed E-state index contributed by atoms with van der Waals surface area (Å²) in [7, 11) is 2.02. The molecule has 0 aliphatic carbocycles. The van der Waals surface area contributed by atoms with Gasteiger partial charge in [-0.25, -0.2) is 4.98 Å². The molecule has 2 rings (SSSR count). The summed E-state index contributed by atoms with van der Waals surface area (Å²) in [6.07, 6.45) is 0. The van der Waals surface area contributed by atoms with Gasteiger partial charge in [0.05, 0.1) is 11.0 Å². The second kappa shape index (κ2) is 2.09. The van der Waals surface area contributed by atoms with E-state index in [0.717, 1.165) is 11.3 Å². The highest BCUT2D eigenvalue weighted by atomic mass is 15.0. The zero-order valence-corrected chi connectivity index (χ0v) is 6.63. The third-order valence-electron chi connectivity index (χ3n) is 1.95. The van der Waals surface area contributed by atoms with Crippen LogP contribution in [0.2, 0.25) is 0 Å². The maximum absolute atomic E-state index is 4.34. The smallest absolute Gasteiger partial charge is 0.106 e. The Morgan fingerprint density at radius 2 is 2.36 bits per heavy atom. The molecule has 0 N–H and O–H groups in total. The number of nitrogens with zero attached hydrogens (tertiary/aromatic N) is 2. The van der Waals surface area contributed by atoms with Crippen LogP contribution in [0.5, 0.6) is 0 Å². The maximum atomic E-state index is 4.34. The standard InChI is InChI=1S/C9H9N2/c1-7-10-8-5-3-4-6-9(8)11(7)2/h4-6H,1-2H3. The topological polar surface area (TPSA) is 17.8 Å². The lowest BCUT2D eigenvalue weighted by atomic mass is 10.3. The summed E-state index contributed by atoms with van der Waals surface area (Å²) in [6.45, 7) is 2.00. The van der Waals surface area contributed by atoms with Gasteiger partial charge in [-0.2, -0.15) is 0 Å². The second-order valence-electron chi connectivity index (χ2n) is 2.63. The molecule has 11 heavy (non-hydrogen) atoms. The Hall–Kier alpha value is -1.31. The zero-order chi connectivity index (χ0) is 7.84. The normalized spacial score (nSPS) is 10.7. The first kappa shape index (κ1) is 6.40. The van der Waals surface area contributed by atoms with Crippen molar-refractivity contribution in [1.29, 1.82) is 0 Å². The van der Waals surface area contributed by atoms with Crippen molar-refractivity contribution in [3.05, 3.63) is 30.1 Å². The van der Waals surface area contributed by atoms with Gasteiger partial charge in [-0.1, -0.05) is 6.07 Å². The lowest BCUT2D eigenvalue weighted by molar-refractivity contribution is 0.886. The van der Waals surface area contributed by atoms with E-state index in [1.165, 1.54) is 5.52 Å². The molecular formula is C9H9N2. The molecule has 2 heteroatoms. The number of benzene rings is 1. The molecule has 2 nitrogen and oxygen atoms in total. The van der Waals surface area contributed by atoms with Crippen LogP contribution < -0.4 is 0 Å². The zero-order valence-electron chi connectivity index (χ0n) is 6.63. The van der Waals surface area contributed by atoms with Gasteiger partial charge < -0.3 is 4.57 Å². The molecule has 0 fully saturated rings. The lowest BCUT2D eigenvalue weighted by Crippen LogP contribution is -1.89. The predicted octanol–water partition coefficient (Wildman–Crippen LogP) is 1.68. The van der Waals surface area contributed by atoms with Gasteiger partial charge in [-0.05, 0) is 25.1 Å². The van der Waals surface area contributed by atoms with Crippen molar-refractivity contribution in [3.8, 4) is 0 Å². The SMILES string of the molecule is Cc1nc2c[c]ccc2n1C. The molecule has 0 atom stereocenters. The highest BCUT2D eigenvalue weighted by molar-refractivity contribution is 5.75. The molecule has 0 bridgehead atoms. The molecule has 0 saturated carbocycles. The van der Waals surface area contributed by atoms with Gasteiger partial charge in [0.2, 0.25) is 0 Å². The minimum absolute atomic E-state index is 1.02. The van der Waals surface area contributed by atoms with Gasteiger partial charge in [0, 0.05) is 7.05 Å². The number of hydrogen-bond acceptors (Lipinski definition) is 1. The summed E-state index contributed by atoms with van der Waals surface area (Å²) in [6, 6.07) is 8.83. The molecule has 2 aromatic rings. The Balaban J connectivity index is 2.92. The van der Waals surface area contributed by atoms with E-state index in [0.29, 0.717) is 0 Å². The first-order valence-corrected chi connectivity index (χ1v) is 3.58. The van der Waals surface area contributed by atoms with Gasteiger partial charge in [-0.15, -0.1) is 0 Å². The quantitative estimate of drug-likeness (QED) is 0.551. The molecule has 55 valence electrons. The van der Waals surface area contributed by atoms with Crippen LogP contribution in [0.4, 0.5) is 0 Å². The van der Waals surface area contributed by atoms with Gasteiger partial charge >= 0.3 is 0 Å². The number of aromatic nitrogens is 2. The highest BCUT2D eigenvalue weighted by Gasteiger charge is 2.00. The Morgan fingerprint density at radius 3 is 3.09 bits per heavy atom. The van der Waals surface area contributed by atoms with E-state index in [2.05, 4.69) is 15.6 Å².